The van der Waals surface area contributed by atoms with Gasteiger partial charge in [0.2, 0.25) is 5.28 Å². The predicted octanol–water partition coefficient (Wildman–Crippen LogP) is 3.81. The molecule has 0 atom stereocenters. The number of aryl methyl sites for hydroxylation is 1. The molecule has 0 unspecified atom stereocenters. The van der Waals surface area contributed by atoms with E-state index in [0.717, 1.165) is 25.2 Å². The van der Waals surface area contributed by atoms with Crippen molar-refractivity contribution in [3.05, 3.63) is 11.1 Å². The van der Waals surface area contributed by atoms with Crippen molar-refractivity contribution in [3.63, 3.8) is 0 Å². The Bertz CT molecular complexity index is 336. The molecule has 17 heavy (non-hydrogen) atoms. The monoisotopic (exact) mass is 257 g/mol. The van der Waals surface area contributed by atoms with Crippen molar-refractivity contribution in [2.75, 3.05) is 0 Å². The molecule has 0 aliphatic heterocycles. The Balaban J connectivity index is 2.88. The molecule has 0 aliphatic carbocycles. The summed E-state index contributed by atoms with van der Waals surface area (Å²) in [5, 5.41) is 8.67. The summed E-state index contributed by atoms with van der Waals surface area (Å²) in [4.78, 5) is 0. The first-order chi connectivity index (χ1) is 7.97. The molecule has 4 heteroatoms. The van der Waals surface area contributed by atoms with Gasteiger partial charge in [0.05, 0.1) is 0 Å². The molecular formula is C13H24ClN3. The fraction of sp³-hybridized carbons (Fsp3) is 0.846. The van der Waals surface area contributed by atoms with E-state index in [2.05, 4.69) is 49.4 Å². The standard InChI is InChI=1S/C13H24ClN3/c1-6-7-12-15-16-13(14)17(12)8-11(9(2)3)10(4)5/h9-11H,6-8H2,1-5H3. The van der Waals surface area contributed by atoms with E-state index in [4.69, 9.17) is 11.6 Å². The summed E-state index contributed by atoms with van der Waals surface area (Å²) in [7, 11) is 0. The highest BCUT2D eigenvalue weighted by molar-refractivity contribution is 6.28. The number of hydrogen-bond acceptors (Lipinski definition) is 2. The van der Waals surface area contributed by atoms with Crippen molar-refractivity contribution in [2.24, 2.45) is 17.8 Å². The minimum Gasteiger partial charge on any atom is -0.301 e. The van der Waals surface area contributed by atoms with Crippen molar-refractivity contribution in [1.82, 2.24) is 14.8 Å². The lowest BCUT2D eigenvalue weighted by molar-refractivity contribution is 0.249. The number of hydrogen-bond donors (Lipinski definition) is 0. The number of rotatable bonds is 6. The summed E-state index contributed by atoms with van der Waals surface area (Å²) in [6.07, 6.45) is 2.02. The molecule has 98 valence electrons. The van der Waals surface area contributed by atoms with Crippen molar-refractivity contribution >= 4 is 11.6 Å². The highest BCUT2D eigenvalue weighted by atomic mass is 35.5. The maximum absolute atomic E-state index is 6.12. The summed E-state index contributed by atoms with van der Waals surface area (Å²) in [6, 6.07) is 0. The Morgan fingerprint density at radius 2 is 1.71 bits per heavy atom. The molecule has 0 saturated carbocycles. The van der Waals surface area contributed by atoms with Gasteiger partial charge < -0.3 is 4.57 Å². The minimum absolute atomic E-state index is 0.528. The van der Waals surface area contributed by atoms with Crippen LogP contribution in [0.2, 0.25) is 5.28 Å². The normalized spacial score (nSPS) is 12.1. The zero-order valence-corrected chi connectivity index (χ0v) is 12.3. The van der Waals surface area contributed by atoms with Gasteiger partial charge >= 0.3 is 0 Å². The van der Waals surface area contributed by atoms with Crippen molar-refractivity contribution < 1.29 is 0 Å². The van der Waals surface area contributed by atoms with Crippen LogP contribution >= 0.6 is 11.6 Å². The topological polar surface area (TPSA) is 30.7 Å². The van der Waals surface area contributed by atoms with Crippen LogP contribution in [0.1, 0.15) is 46.9 Å². The zero-order valence-electron chi connectivity index (χ0n) is 11.6. The molecule has 0 saturated heterocycles. The molecule has 1 aromatic rings. The van der Waals surface area contributed by atoms with Crippen LogP contribution in [0.15, 0.2) is 0 Å². The Hall–Kier alpha value is -0.570. The van der Waals surface area contributed by atoms with Gasteiger partial charge in [-0.15, -0.1) is 10.2 Å². The first-order valence-electron chi connectivity index (χ1n) is 6.54. The second-order valence-electron chi connectivity index (χ2n) is 5.40. The second kappa shape index (κ2) is 6.39. The van der Waals surface area contributed by atoms with Gasteiger partial charge in [0.15, 0.2) is 0 Å². The van der Waals surface area contributed by atoms with Crippen LogP contribution < -0.4 is 0 Å². The third-order valence-corrected chi connectivity index (χ3v) is 3.64. The van der Waals surface area contributed by atoms with E-state index in [1.54, 1.807) is 0 Å². The highest BCUT2D eigenvalue weighted by Gasteiger charge is 2.21. The molecule has 0 fully saturated rings. The molecule has 0 radical (unpaired) electrons. The van der Waals surface area contributed by atoms with Gasteiger partial charge in [-0.1, -0.05) is 34.6 Å². The quantitative estimate of drug-likeness (QED) is 0.776. The molecule has 0 bridgehead atoms. The molecule has 1 rings (SSSR count). The summed E-state index contributed by atoms with van der Waals surface area (Å²) >= 11 is 6.12. The largest absolute Gasteiger partial charge is 0.301 e. The average molecular weight is 258 g/mol. The van der Waals surface area contributed by atoms with E-state index in [1.165, 1.54) is 0 Å². The van der Waals surface area contributed by atoms with Crippen molar-refractivity contribution in [1.29, 1.82) is 0 Å². The zero-order chi connectivity index (χ0) is 13.0. The predicted molar refractivity (Wildman–Crippen MR) is 72.2 cm³/mol. The van der Waals surface area contributed by atoms with Crippen LogP contribution in [-0.2, 0) is 13.0 Å². The smallest absolute Gasteiger partial charge is 0.225 e. The van der Waals surface area contributed by atoms with E-state index >= 15 is 0 Å². The summed E-state index contributed by atoms with van der Waals surface area (Å²) in [6.45, 7) is 12.1. The Morgan fingerprint density at radius 1 is 1.12 bits per heavy atom. The summed E-state index contributed by atoms with van der Waals surface area (Å²) < 4.78 is 2.08. The number of nitrogens with zero attached hydrogens (tertiary/aromatic N) is 3. The number of halogens is 1. The maximum atomic E-state index is 6.12. The Labute approximate surface area is 110 Å². The van der Waals surface area contributed by atoms with E-state index in [1.807, 2.05) is 0 Å². The SMILES string of the molecule is CCCc1nnc(Cl)n1CC(C(C)C)C(C)C. The van der Waals surface area contributed by atoms with Crippen LogP contribution in [0.5, 0.6) is 0 Å². The molecule has 0 aliphatic rings. The second-order valence-corrected chi connectivity index (χ2v) is 5.74. The molecule has 0 aromatic carbocycles. The van der Waals surface area contributed by atoms with Gasteiger partial charge in [0.1, 0.15) is 5.82 Å². The molecular weight excluding hydrogens is 234 g/mol. The van der Waals surface area contributed by atoms with Crippen LogP contribution in [0.25, 0.3) is 0 Å². The van der Waals surface area contributed by atoms with Crippen LogP contribution in [0.4, 0.5) is 0 Å². The van der Waals surface area contributed by atoms with Crippen LogP contribution in [0.3, 0.4) is 0 Å². The van der Waals surface area contributed by atoms with Gasteiger partial charge in [0.25, 0.3) is 0 Å². The third kappa shape index (κ3) is 3.70. The number of aromatic nitrogens is 3. The fourth-order valence-corrected chi connectivity index (χ4v) is 2.51. The van der Waals surface area contributed by atoms with Crippen LogP contribution in [0, 0.1) is 17.8 Å². The Morgan fingerprint density at radius 3 is 2.18 bits per heavy atom. The lowest BCUT2D eigenvalue weighted by atomic mass is 9.85. The van der Waals surface area contributed by atoms with Crippen LogP contribution in [-0.4, -0.2) is 14.8 Å². The lowest BCUT2D eigenvalue weighted by Gasteiger charge is -2.25. The van der Waals surface area contributed by atoms with E-state index in [0.29, 0.717) is 23.0 Å². The minimum atomic E-state index is 0.528. The van der Waals surface area contributed by atoms with Crippen molar-refractivity contribution in [2.45, 2.75) is 54.0 Å². The van der Waals surface area contributed by atoms with E-state index < -0.39 is 0 Å². The lowest BCUT2D eigenvalue weighted by Crippen LogP contribution is -2.23. The molecule has 0 spiro atoms. The van der Waals surface area contributed by atoms with E-state index in [-0.39, 0.29) is 0 Å². The maximum Gasteiger partial charge on any atom is 0.225 e. The first kappa shape index (κ1) is 14.5. The fourth-order valence-electron chi connectivity index (χ4n) is 2.30. The van der Waals surface area contributed by atoms with E-state index in [9.17, 15) is 0 Å². The van der Waals surface area contributed by atoms with Gasteiger partial charge in [-0.25, -0.2) is 0 Å². The van der Waals surface area contributed by atoms with Crippen molar-refractivity contribution in [3.8, 4) is 0 Å². The van der Waals surface area contributed by atoms with Gasteiger partial charge in [-0.3, -0.25) is 0 Å². The molecule has 3 nitrogen and oxygen atoms in total. The highest BCUT2D eigenvalue weighted by Crippen LogP contribution is 2.24. The van der Waals surface area contributed by atoms with Gasteiger partial charge in [-0.2, -0.15) is 0 Å². The van der Waals surface area contributed by atoms with Gasteiger partial charge in [0, 0.05) is 13.0 Å². The summed E-state index contributed by atoms with van der Waals surface area (Å²) in [5.41, 5.74) is 0. The Kier molecular flexibility index (Phi) is 5.44. The van der Waals surface area contributed by atoms with Gasteiger partial charge in [-0.05, 0) is 35.8 Å². The average Bonchev–Trinajstić information content (AvgIpc) is 2.56. The summed E-state index contributed by atoms with van der Waals surface area (Å²) in [5.74, 6) is 2.91. The molecule has 1 aromatic heterocycles. The molecule has 0 amide bonds. The first-order valence-corrected chi connectivity index (χ1v) is 6.92. The molecule has 0 N–H and O–H groups in total. The molecule has 1 heterocycles. The third-order valence-electron chi connectivity index (χ3n) is 3.36.